The second kappa shape index (κ2) is 5.92. The molecule has 1 heterocycles. The van der Waals surface area contributed by atoms with Crippen molar-refractivity contribution in [3.63, 3.8) is 0 Å². The Morgan fingerprint density at radius 1 is 1.26 bits per heavy atom. The fourth-order valence-corrected chi connectivity index (χ4v) is 2.11. The molecule has 0 aliphatic heterocycles. The molecule has 1 aromatic carbocycles. The highest BCUT2D eigenvalue weighted by atomic mass is 127. The van der Waals surface area contributed by atoms with Crippen LogP contribution in [0.1, 0.15) is 16.1 Å². The van der Waals surface area contributed by atoms with E-state index in [1.807, 2.05) is 24.3 Å². The number of nitrogens with one attached hydrogen (secondary N) is 1. The van der Waals surface area contributed by atoms with Crippen molar-refractivity contribution in [1.82, 2.24) is 4.98 Å². The van der Waals surface area contributed by atoms with E-state index in [1.165, 1.54) is 7.11 Å². The van der Waals surface area contributed by atoms with Gasteiger partial charge in [0.15, 0.2) is 0 Å². The third-order valence-corrected chi connectivity index (χ3v) is 2.84. The van der Waals surface area contributed by atoms with Gasteiger partial charge in [0.2, 0.25) is 0 Å². The summed E-state index contributed by atoms with van der Waals surface area (Å²) in [5.74, 6) is -0.311. The van der Waals surface area contributed by atoms with E-state index in [9.17, 15) is 4.79 Å². The zero-order valence-corrected chi connectivity index (χ0v) is 14.0. The van der Waals surface area contributed by atoms with Crippen molar-refractivity contribution in [2.24, 2.45) is 0 Å². The summed E-state index contributed by atoms with van der Waals surface area (Å²) in [6.07, 6.45) is 0. The van der Waals surface area contributed by atoms with Crippen LogP contribution in [-0.2, 0) is 11.3 Å². The van der Waals surface area contributed by atoms with Crippen LogP contribution in [0, 0.1) is 0 Å². The van der Waals surface area contributed by atoms with Crippen LogP contribution in [-0.4, -0.2) is 43.7 Å². The van der Waals surface area contributed by atoms with E-state index in [1.54, 1.807) is 0 Å². The van der Waals surface area contributed by atoms with Gasteiger partial charge in [0.05, 0.1) is 28.3 Å². The van der Waals surface area contributed by atoms with E-state index in [0.717, 1.165) is 27.5 Å². The van der Waals surface area contributed by atoms with Crippen molar-refractivity contribution in [2.75, 3.05) is 28.3 Å². The molecule has 0 fully saturated rings. The summed E-state index contributed by atoms with van der Waals surface area (Å²) in [4.78, 5) is 15.0. The molecular weight excluding hydrogens is 355 g/mol. The van der Waals surface area contributed by atoms with Crippen LogP contribution in [0.3, 0.4) is 0 Å². The first kappa shape index (κ1) is 16.0. The molecule has 19 heavy (non-hydrogen) atoms. The molecule has 0 unspecified atom stereocenters. The Hall–Kier alpha value is -1.08. The number of nitrogens with zero attached hydrogens (tertiary/aromatic N) is 1. The molecule has 0 spiro atoms. The molecule has 0 saturated carbocycles. The van der Waals surface area contributed by atoms with Crippen LogP contribution >= 0.6 is 24.0 Å². The topological polar surface area (TPSA) is 42.1 Å². The molecule has 2 rings (SSSR count). The minimum Gasteiger partial charge on any atom is -0.464 e. The summed E-state index contributed by atoms with van der Waals surface area (Å²) in [7, 11) is 7.71. The smallest absolute Gasteiger partial charge is 0.355 e. The maximum absolute atomic E-state index is 11.8. The summed E-state index contributed by atoms with van der Waals surface area (Å²) in [5, 5.41) is 1.09. The fraction of sp³-hybridized carbons (Fsp3) is 0.357. The van der Waals surface area contributed by atoms with Crippen molar-refractivity contribution in [2.45, 2.75) is 6.54 Å². The van der Waals surface area contributed by atoms with Crippen LogP contribution in [0.25, 0.3) is 10.9 Å². The van der Waals surface area contributed by atoms with Gasteiger partial charge < -0.3 is 14.2 Å². The van der Waals surface area contributed by atoms with E-state index >= 15 is 0 Å². The van der Waals surface area contributed by atoms with E-state index < -0.39 is 0 Å². The van der Waals surface area contributed by atoms with Crippen LogP contribution in [0.5, 0.6) is 0 Å². The van der Waals surface area contributed by atoms with Gasteiger partial charge in [-0.15, -0.1) is 24.0 Å². The Morgan fingerprint density at radius 2 is 1.89 bits per heavy atom. The maximum atomic E-state index is 11.8. The van der Waals surface area contributed by atoms with Crippen molar-refractivity contribution in [3.8, 4) is 0 Å². The zero-order chi connectivity index (χ0) is 13.3. The van der Waals surface area contributed by atoms with Gasteiger partial charge in [-0.3, -0.25) is 0 Å². The molecule has 0 aliphatic rings. The number of carbonyl (C=O) groups is 1. The summed E-state index contributed by atoms with van der Waals surface area (Å²) in [6, 6.07) is 7.94. The van der Waals surface area contributed by atoms with Gasteiger partial charge in [-0.2, -0.15) is 0 Å². The number of para-hydroxylation sites is 1. The Balaban J connectivity index is 0.00000180. The largest absolute Gasteiger partial charge is 0.464 e. The number of hydrogen-bond acceptors (Lipinski definition) is 2. The van der Waals surface area contributed by atoms with Crippen LogP contribution in [0.2, 0.25) is 0 Å². The fourth-order valence-electron chi connectivity index (χ4n) is 2.11. The number of benzene rings is 1. The van der Waals surface area contributed by atoms with E-state index in [4.69, 9.17) is 4.74 Å². The summed E-state index contributed by atoms with van der Waals surface area (Å²) in [6.45, 7) is 0.772. The van der Waals surface area contributed by atoms with Gasteiger partial charge in [0.25, 0.3) is 0 Å². The van der Waals surface area contributed by atoms with Crippen molar-refractivity contribution >= 4 is 40.8 Å². The normalized spacial score (nSPS) is 11.2. The molecule has 0 radical (unpaired) electrons. The summed E-state index contributed by atoms with van der Waals surface area (Å²) >= 11 is 0. The predicted molar refractivity (Wildman–Crippen MR) is 86.8 cm³/mol. The number of H-pyrrole nitrogens is 1. The summed E-state index contributed by atoms with van der Waals surface area (Å²) in [5.41, 5.74) is 2.55. The molecule has 5 heteroatoms. The van der Waals surface area contributed by atoms with E-state index in [2.05, 4.69) is 26.1 Å². The number of quaternary nitrogens is 1. The maximum Gasteiger partial charge on any atom is 0.355 e. The highest BCUT2D eigenvalue weighted by molar-refractivity contribution is 14.0. The molecule has 1 N–H and O–H groups in total. The van der Waals surface area contributed by atoms with Crippen molar-refractivity contribution in [3.05, 3.63) is 35.5 Å². The highest BCUT2D eigenvalue weighted by Gasteiger charge is 2.22. The molecule has 2 aromatic rings. The number of aromatic amines is 1. The van der Waals surface area contributed by atoms with Crippen molar-refractivity contribution < 1.29 is 14.0 Å². The third-order valence-electron chi connectivity index (χ3n) is 2.84. The van der Waals surface area contributed by atoms with E-state index in [-0.39, 0.29) is 29.9 Å². The third kappa shape index (κ3) is 3.48. The molecule has 104 valence electrons. The van der Waals surface area contributed by atoms with E-state index in [0.29, 0.717) is 5.69 Å². The molecule has 4 nitrogen and oxygen atoms in total. The minimum absolute atomic E-state index is 0. The number of aromatic nitrogens is 1. The molecule has 0 atom stereocenters. The lowest BCUT2D eigenvalue weighted by Crippen LogP contribution is -2.33. The number of carbonyl (C=O) groups excluding carboxylic acids is 1. The Morgan fingerprint density at radius 3 is 2.47 bits per heavy atom. The van der Waals surface area contributed by atoms with Gasteiger partial charge in [-0.1, -0.05) is 18.2 Å². The molecule has 0 amide bonds. The van der Waals surface area contributed by atoms with Gasteiger partial charge in [-0.05, 0) is 6.07 Å². The standard InChI is InChI=1S/C14H18N2O2.HI/c1-16(2,3)9-11-10-7-5-6-8-12(10)15-13(11)14(17)18-4;/h5-8H,9H2,1-4H3;1H/p+1. The molecule has 0 saturated heterocycles. The van der Waals surface area contributed by atoms with Gasteiger partial charge in [-0.25, -0.2) is 4.79 Å². The molecule has 0 bridgehead atoms. The number of esters is 1. The Kier molecular flexibility index (Phi) is 4.98. The summed E-state index contributed by atoms with van der Waals surface area (Å²) < 4.78 is 5.60. The average molecular weight is 375 g/mol. The van der Waals surface area contributed by atoms with Crippen LogP contribution < -0.4 is 0 Å². The first-order chi connectivity index (χ1) is 8.42. The number of ether oxygens (including phenoxy) is 1. The molecule has 1 aromatic heterocycles. The Labute approximate surface area is 130 Å². The lowest BCUT2D eigenvalue weighted by Gasteiger charge is -2.24. The molecule has 0 aliphatic carbocycles. The first-order valence-corrected chi connectivity index (χ1v) is 5.91. The number of rotatable bonds is 3. The lowest BCUT2D eigenvalue weighted by molar-refractivity contribution is -0.883. The molecular formula is C14H20IN2O2+. The predicted octanol–water partition coefficient (Wildman–Crippen LogP) is 2.78. The van der Waals surface area contributed by atoms with Gasteiger partial charge >= 0.3 is 5.97 Å². The number of methoxy groups -OCH3 is 1. The monoisotopic (exact) mass is 375 g/mol. The zero-order valence-electron chi connectivity index (χ0n) is 11.7. The minimum atomic E-state index is -0.311. The van der Waals surface area contributed by atoms with Gasteiger partial charge in [0, 0.05) is 16.5 Å². The van der Waals surface area contributed by atoms with Crippen molar-refractivity contribution in [1.29, 1.82) is 0 Å². The average Bonchev–Trinajstić information content (AvgIpc) is 2.65. The number of hydrogen-bond donors (Lipinski definition) is 1. The second-order valence-corrected chi connectivity index (χ2v) is 5.46. The highest BCUT2D eigenvalue weighted by Crippen LogP contribution is 2.25. The quantitative estimate of drug-likeness (QED) is 0.509. The first-order valence-electron chi connectivity index (χ1n) is 5.91. The number of halogens is 1. The van der Waals surface area contributed by atoms with Crippen LogP contribution in [0.4, 0.5) is 0 Å². The van der Waals surface area contributed by atoms with Crippen LogP contribution in [0.15, 0.2) is 24.3 Å². The second-order valence-electron chi connectivity index (χ2n) is 5.46. The SMILES string of the molecule is COC(=O)c1[nH]c2ccccc2c1C[N+](C)(C)C.I. The number of fused-ring (bicyclic) bond motifs is 1. The lowest BCUT2D eigenvalue weighted by atomic mass is 10.1. The Bertz CT molecular complexity index is 585. The van der Waals surface area contributed by atoms with Gasteiger partial charge in [0.1, 0.15) is 12.2 Å².